The molecule has 1 amide bonds. The lowest BCUT2D eigenvalue weighted by atomic mass is 10.0. The van der Waals surface area contributed by atoms with Gasteiger partial charge in [0.25, 0.3) is 5.91 Å². The van der Waals surface area contributed by atoms with Crippen molar-refractivity contribution < 1.29 is 14.3 Å². The van der Waals surface area contributed by atoms with Gasteiger partial charge in [0.2, 0.25) is 5.88 Å². The Bertz CT molecular complexity index is 1410. The molecule has 11 nitrogen and oxygen atoms in total. The highest BCUT2D eigenvalue weighted by molar-refractivity contribution is 6.14. The molecule has 2 unspecified atom stereocenters. The minimum Gasteiger partial charge on any atom is -0.479 e. The average Bonchev–Trinajstić information content (AvgIpc) is 3.21. The third-order valence-corrected chi connectivity index (χ3v) is 6.04. The molecule has 2 N–H and O–H groups in total. The summed E-state index contributed by atoms with van der Waals surface area (Å²) in [6.45, 7) is 6.00. The normalized spacial score (nSPS) is 18.1. The van der Waals surface area contributed by atoms with Crippen molar-refractivity contribution in [2.24, 2.45) is 7.05 Å². The smallest absolute Gasteiger partial charge is 0.316 e. The molecule has 1 saturated heterocycles. The zero-order valence-electron chi connectivity index (χ0n) is 20.4. The fourth-order valence-electron chi connectivity index (χ4n) is 4.68. The summed E-state index contributed by atoms with van der Waals surface area (Å²) in [6.07, 6.45) is 3.56. The molecule has 35 heavy (non-hydrogen) atoms. The SMILES string of the molecule is COc1ncc2c(N3CC(C)NC(C)C3)ccc(C(=O)Nc3cc4cn(C)nc4c(OC)n3)c2n1. The molecule has 0 spiro atoms. The predicted octanol–water partition coefficient (Wildman–Crippen LogP) is 2.37. The third kappa shape index (κ3) is 4.30. The van der Waals surface area contributed by atoms with E-state index in [0.717, 1.165) is 29.5 Å². The largest absolute Gasteiger partial charge is 0.479 e. The van der Waals surface area contributed by atoms with Gasteiger partial charge in [-0.05, 0) is 32.0 Å². The number of pyridine rings is 1. The van der Waals surface area contributed by atoms with E-state index in [4.69, 9.17) is 9.47 Å². The Hall–Kier alpha value is -3.99. The molecule has 1 aliphatic heterocycles. The van der Waals surface area contributed by atoms with Crippen molar-refractivity contribution in [2.75, 3.05) is 37.5 Å². The molecule has 2 atom stereocenters. The maximum absolute atomic E-state index is 13.4. The topological polar surface area (TPSA) is 119 Å². The van der Waals surface area contributed by atoms with Crippen LogP contribution in [-0.2, 0) is 7.05 Å². The molecule has 1 fully saturated rings. The van der Waals surface area contributed by atoms with Crippen molar-refractivity contribution in [3.05, 3.63) is 36.2 Å². The first kappa shape index (κ1) is 22.8. The third-order valence-electron chi connectivity index (χ3n) is 6.04. The van der Waals surface area contributed by atoms with Crippen molar-refractivity contribution in [3.63, 3.8) is 0 Å². The number of rotatable bonds is 5. The van der Waals surface area contributed by atoms with Gasteiger partial charge in [-0.25, -0.2) is 4.98 Å². The quantitative estimate of drug-likeness (QED) is 0.447. The molecule has 182 valence electrons. The van der Waals surface area contributed by atoms with Gasteiger partial charge < -0.3 is 25.0 Å². The molecule has 4 aromatic rings. The molecule has 1 aliphatic rings. The number of aryl methyl sites for hydroxylation is 1. The van der Waals surface area contributed by atoms with Crippen molar-refractivity contribution in [1.82, 2.24) is 30.0 Å². The van der Waals surface area contributed by atoms with Crippen molar-refractivity contribution in [2.45, 2.75) is 25.9 Å². The van der Waals surface area contributed by atoms with E-state index in [2.05, 4.69) is 49.4 Å². The molecule has 0 radical (unpaired) electrons. The van der Waals surface area contributed by atoms with E-state index in [1.54, 1.807) is 23.0 Å². The van der Waals surface area contributed by atoms with E-state index in [-0.39, 0.29) is 11.9 Å². The van der Waals surface area contributed by atoms with Crippen LogP contribution in [0.5, 0.6) is 11.9 Å². The van der Waals surface area contributed by atoms with Crippen LogP contribution < -0.4 is 25.0 Å². The van der Waals surface area contributed by atoms with Gasteiger partial charge >= 0.3 is 6.01 Å². The molecule has 3 aromatic heterocycles. The number of carbonyl (C=O) groups is 1. The molecule has 0 bridgehead atoms. The summed E-state index contributed by atoms with van der Waals surface area (Å²) < 4.78 is 12.3. The summed E-state index contributed by atoms with van der Waals surface area (Å²) in [6, 6.07) is 6.37. The number of aromatic nitrogens is 5. The van der Waals surface area contributed by atoms with E-state index >= 15 is 0 Å². The highest BCUT2D eigenvalue weighted by Gasteiger charge is 2.25. The molecular formula is C24H28N8O3. The lowest BCUT2D eigenvalue weighted by Gasteiger charge is -2.38. The van der Waals surface area contributed by atoms with Gasteiger partial charge in [0.1, 0.15) is 5.82 Å². The van der Waals surface area contributed by atoms with Crippen molar-refractivity contribution in [1.29, 1.82) is 0 Å². The van der Waals surface area contributed by atoms with Gasteiger partial charge in [-0.15, -0.1) is 0 Å². The van der Waals surface area contributed by atoms with Gasteiger partial charge in [-0.2, -0.15) is 15.1 Å². The van der Waals surface area contributed by atoms with E-state index in [9.17, 15) is 4.79 Å². The maximum Gasteiger partial charge on any atom is 0.316 e. The molecule has 0 saturated carbocycles. The Morgan fingerprint density at radius 2 is 1.89 bits per heavy atom. The molecule has 11 heteroatoms. The minimum atomic E-state index is -0.345. The first-order valence-electron chi connectivity index (χ1n) is 11.4. The monoisotopic (exact) mass is 476 g/mol. The fraction of sp³-hybridized carbons (Fsp3) is 0.375. The molecular weight excluding hydrogens is 448 g/mol. The molecule has 5 rings (SSSR count). The van der Waals surface area contributed by atoms with Gasteiger partial charge in [-0.3, -0.25) is 9.48 Å². The van der Waals surface area contributed by atoms with E-state index < -0.39 is 0 Å². The van der Waals surface area contributed by atoms with Gasteiger partial charge in [0, 0.05) is 61.1 Å². The van der Waals surface area contributed by atoms with E-state index in [0.29, 0.717) is 40.4 Å². The molecule has 1 aromatic carbocycles. The first-order chi connectivity index (χ1) is 16.9. The van der Waals surface area contributed by atoms with E-state index in [1.807, 2.05) is 19.3 Å². The fourth-order valence-corrected chi connectivity index (χ4v) is 4.68. The summed E-state index contributed by atoms with van der Waals surface area (Å²) >= 11 is 0. The molecule has 0 aliphatic carbocycles. The number of piperazine rings is 1. The van der Waals surface area contributed by atoms with Crippen LogP contribution in [-0.4, -0.2) is 70.0 Å². The second kappa shape index (κ2) is 8.99. The standard InChI is InChI=1S/C24H28N8O3/c1-13-10-32(11-14(2)26-13)18-7-6-16(21-17(18)9-25-24(29-21)35-5)22(33)27-19-8-15-12-31(3)30-20(15)23(28-19)34-4/h6-9,12-14,26H,10-11H2,1-5H3,(H,27,33). The second-order valence-corrected chi connectivity index (χ2v) is 8.84. The number of amides is 1. The summed E-state index contributed by atoms with van der Waals surface area (Å²) in [5.74, 6) is 0.349. The zero-order valence-corrected chi connectivity index (χ0v) is 20.4. The number of methoxy groups -OCH3 is 2. The zero-order chi connectivity index (χ0) is 24.7. The summed E-state index contributed by atoms with van der Waals surface area (Å²) in [5.41, 5.74) is 2.52. The number of anilines is 2. The van der Waals surface area contributed by atoms with E-state index in [1.165, 1.54) is 14.2 Å². The maximum atomic E-state index is 13.4. The lowest BCUT2D eigenvalue weighted by Crippen LogP contribution is -2.54. The van der Waals surface area contributed by atoms with Crippen LogP contribution in [0.1, 0.15) is 24.2 Å². The van der Waals surface area contributed by atoms with Crippen molar-refractivity contribution >= 4 is 39.2 Å². The molecule has 4 heterocycles. The number of fused-ring (bicyclic) bond motifs is 2. The summed E-state index contributed by atoms with van der Waals surface area (Å²) in [5, 5.41) is 12.4. The number of benzene rings is 1. The Labute approximate surface area is 202 Å². The number of hydrogen-bond donors (Lipinski definition) is 2. The summed E-state index contributed by atoms with van der Waals surface area (Å²) in [4.78, 5) is 29.0. The first-order valence-corrected chi connectivity index (χ1v) is 11.4. The number of nitrogens with one attached hydrogen (secondary N) is 2. The Morgan fingerprint density at radius 3 is 2.60 bits per heavy atom. The average molecular weight is 477 g/mol. The van der Waals surface area contributed by atoms with Crippen LogP contribution >= 0.6 is 0 Å². The van der Waals surface area contributed by atoms with Crippen LogP contribution in [0.4, 0.5) is 11.5 Å². The number of hydrogen-bond acceptors (Lipinski definition) is 9. The van der Waals surface area contributed by atoms with Gasteiger partial charge in [-0.1, -0.05) is 0 Å². The van der Waals surface area contributed by atoms with Gasteiger partial charge in [0.15, 0.2) is 5.52 Å². The Balaban J connectivity index is 1.55. The van der Waals surface area contributed by atoms with Crippen LogP contribution in [0.2, 0.25) is 0 Å². The highest BCUT2D eigenvalue weighted by atomic mass is 16.5. The van der Waals surface area contributed by atoms with Crippen LogP contribution in [0, 0.1) is 0 Å². The van der Waals surface area contributed by atoms with Crippen molar-refractivity contribution in [3.8, 4) is 11.9 Å². The predicted molar refractivity (Wildman–Crippen MR) is 133 cm³/mol. The number of carbonyl (C=O) groups excluding carboxylic acids is 1. The Kier molecular flexibility index (Phi) is 5.85. The number of ether oxygens (including phenoxy) is 2. The number of nitrogens with zero attached hydrogens (tertiary/aromatic N) is 6. The summed E-state index contributed by atoms with van der Waals surface area (Å²) in [7, 11) is 4.84. The lowest BCUT2D eigenvalue weighted by molar-refractivity contribution is 0.102. The highest BCUT2D eigenvalue weighted by Crippen LogP contribution is 2.31. The van der Waals surface area contributed by atoms with Crippen LogP contribution in [0.25, 0.3) is 21.8 Å². The van der Waals surface area contributed by atoms with Crippen LogP contribution in [0.3, 0.4) is 0 Å². The minimum absolute atomic E-state index is 0.197. The van der Waals surface area contributed by atoms with Gasteiger partial charge in [0.05, 0.1) is 25.3 Å². The van der Waals surface area contributed by atoms with Crippen LogP contribution in [0.15, 0.2) is 30.6 Å². The second-order valence-electron chi connectivity index (χ2n) is 8.84. The Morgan fingerprint density at radius 1 is 1.11 bits per heavy atom.